The Labute approximate surface area is 181 Å². The molecule has 160 valence electrons. The fraction of sp³-hybridized carbons (Fsp3) is 0.348. The number of aliphatic imine (C=N–C) groups is 1. The number of hydrogen-bond acceptors (Lipinski definition) is 8. The Morgan fingerprint density at radius 2 is 1.97 bits per heavy atom. The highest BCUT2D eigenvalue weighted by molar-refractivity contribution is 6.40. The van der Waals surface area contributed by atoms with Gasteiger partial charge in [0.2, 0.25) is 5.95 Å². The molecule has 31 heavy (non-hydrogen) atoms. The number of fused-ring (bicyclic) bond motifs is 1. The van der Waals surface area contributed by atoms with E-state index in [1.807, 2.05) is 37.3 Å². The number of hydrazone groups is 1. The van der Waals surface area contributed by atoms with Crippen molar-refractivity contribution in [3.63, 3.8) is 0 Å². The van der Waals surface area contributed by atoms with E-state index in [4.69, 9.17) is 15.8 Å². The summed E-state index contributed by atoms with van der Waals surface area (Å²) in [5.41, 5.74) is 3.36. The standard InChI is InChI=1S/C23H27N7O/c1-14-6-4-8-17-20(14)28-22(27-15-10-11-15)29-21(17)18(30-24)13-25-12-16-7-5-9-19(26-16)23(2,3)31/h4-9,13,15,31H,10-12,24H2,1-3H3,(H,27,28,29). The molecule has 0 saturated heterocycles. The first kappa shape index (κ1) is 20.9. The first-order valence-corrected chi connectivity index (χ1v) is 10.4. The van der Waals surface area contributed by atoms with E-state index >= 15 is 0 Å². The van der Waals surface area contributed by atoms with Crippen LogP contribution in [0.3, 0.4) is 0 Å². The molecule has 0 radical (unpaired) electrons. The lowest BCUT2D eigenvalue weighted by molar-refractivity contribution is 0.0736. The van der Waals surface area contributed by atoms with Gasteiger partial charge in [-0.3, -0.25) is 9.98 Å². The number of nitrogens with one attached hydrogen (secondary N) is 1. The van der Waals surface area contributed by atoms with Crippen molar-refractivity contribution in [2.24, 2.45) is 15.9 Å². The number of aromatic nitrogens is 3. The average Bonchev–Trinajstić information content (AvgIpc) is 3.55. The maximum absolute atomic E-state index is 10.2. The van der Waals surface area contributed by atoms with Gasteiger partial charge in [0.25, 0.3) is 0 Å². The summed E-state index contributed by atoms with van der Waals surface area (Å²) >= 11 is 0. The van der Waals surface area contributed by atoms with Gasteiger partial charge >= 0.3 is 0 Å². The molecule has 0 atom stereocenters. The molecule has 4 N–H and O–H groups in total. The number of aliphatic hydroxyl groups is 1. The maximum Gasteiger partial charge on any atom is 0.224 e. The highest BCUT2D eigenvalue weighted by Gasteiger charge is 2.23. The van der Waals surface area contributed by atoms with Crippen molar-refractivity contribution in [3.8, 4) is 0 Å². The topological polar surface area (TPSA) is 122 Å². The zero-order valence-electron chi connectivity index (χ0n) is 18.0. The van der Waals surface area contributed by atoms with Crippen LogP contribution in [0, 0.1) is 6.92 Å². The number of hydrogen-bond donors (Lipinski definition) is 3. The van der Waals surface area contributed by atoms with E-state index in [9.17, 15) is 5.11 Å². The molecule has 0 amide bonds. The van der Waals surface area contributed by atoms with Crippen molar-refractivity contribution in [2.75, 3.05) is 5.32 Å². The van der Waals surface area contributed by atoms with Crippen LogP contribution in [-0.4, -0.2) is 38.0 Å². The van der Waals surface area contributed by atoms with Gasteiger partial charge in [-0.2, -0.15) is 5.10 Å². The third-order valence-corrected chi connectivity index (χ3v) is 5.12. The van der Waals surface area contributed by atoms with E-state index in [0.717, 1.165) is 35.0 Å². The average molecular weight is 418 g/mol. The largest absolute Gasteiger partial charge is 0.384 e. The molecule has 8 heteroatoms. The van der Waals surface area contributed by atoms with E-state index in [-0.39, 0.29) is 0 Å². The van der Waals surface area contributed by atoms with Gasteiger partial charge in [-0.15, -0.1) is 0 Å². The monoisotopic (exact) mass is 417 g/mol. The van der Waals surface area contributed by atoms with Crippen molar-refractivity contribution < 1.29 is 5.11 Å². The Balaban J connectivity index is 1.64. The van der Waals surface area contributed by atoms with Crippen molar-refractivity contribution >= 4 is 28.8 Å². The number of pyridine rings is 1. The molecule has 4 rings (SSSR count). The smallest absolute Gasteiger partial charge is 0.224 e. The second-order valence-corrected chi connectivity index (χ2v) is 8.34. The summed E-state index contributed by atoms with van der Waals surface area (Å²) in [5, 5.41) is 18.4. The third kappa shape index (κ3) is 4.86. The van der Waals surface area contributed by atoms with Crippen LogP contribution in [0.4, 0.5) is 5.95 Å². The Kier molecular flexibility index (Phi) is 5.65. The van der Waals surface area contributed by atoms with E-state index in [1.165, 1.54) is 0 Å². The molecule has 2 aromatic heterocycles. The fourth-order valence-electron chi connectivity index (χ4n) is 3.26. The van der Waals surface area contributed by atoms with Crippen LogP contribution >= 0.6 is 0 Å². The van der Waals surface area contributed by atoms with Crippen LogP contribution in [0.5, 0.6) is 0 Å². The summed E-state index contributed by atoms with van der Waals surface area (Å²) in [4.78, 5) is 18.4. The van der Waals surface area contributed by atoms with Gasteiger partial charge in [-0.25, -0.2) is 9.97 Å². The molecule has 8 nitrogen and oxygen atoms in total. The van der Waals surface area contributed by atoms with Crippen molar-refractivity contribution in [1.82, 2.24) is 15.0 Å². The quantitative estimate of drug-likeness (QED) is 0.309. The molecule has 0 spiro atoms. The lowest BCUT2D eigenvalue weighted by atomic mass is 10.0. The zero-order valence-corrected chi connectivity index (χ0v) is 18.0. The number of aryl methyl sites for hydroxylation is 1. The molecule has 0 aliphatic heterocycles. The van der Waals surface area contributed by atoms with Gasteiger partial charge in [0.05, 0.1) is 29.7 Å². The summed E-state index contributed by atoms with van der Waals surface area (Å²) in [6.07, 6.45) is 3.87. The number of nitrogens with zero attached hydrogens (tertiary/aromatic N) is 5. The summed E-state index contributed by atoms with van der Waals surface area (Å²) in [6, 6.07) is 11.9. The van der Waals surface area contributed by atoms with Crippen LogP contribution in [-0.2, 0) is 12.1 Å². The Bertz CT molecular complexity index is 1160. The molecule has 3 aromatic rings. The Morgan fingerprint density at radius 1 is 1.19 bits per heavy atom. The summed E-state index contributed by atoms with van der Waals surface area (Å²) < 4.78 is 0. The number of anilines is 1. The first-order chi connectivity index (χ1) is 14.8. The van der Waals surface area contributed by atoms with Gasteiger partial charge in [-0.1, -0.05) is 24.3 Å². The Morgan fingerprint density at radius 3 is 2.68 bits per heavy atom. The molecule has 1 saturated carbocycles. The van der Waals surface area contributed by atoms with E-state index in [1.54, 1.807) is 26.1 Å². The van der Waals surface area contributed by atoms with Gasteiger partial charge in [0.1, 0.15) is 17.0 Å². The van der Waals surface area contributed by atoms with Crippen LogP contribution in [0.2, 0.25) is 0 Å². The van der Waals surface area contributed by atoms with Crippen molar-refractivity contribution in [2.45, 2.75) is 51.8 Å². The van der Waals surface area contributed by atoms with E-state index in [0.29, 0.717) is 35.6 Å². The summed E-state index contributed by atoms with van der Waals surface area (Å²) in [7, 11) is 0. The molecule has 1 fully saturated rings. The SMILES string of the molecule is Cc1cccc2c(C(C=NCc3cccc(C(C)(C)O)n3)=NN)nc(NC3CC3)nc12. The predicted molar refractivity (Wildman–Crippen MR) is 123 cm³/mol. The van der Waals surface area contributed by atoms with Gasteiger partial charge in [0, 0.05) is 11.4 Å². The van der Waals surface area contributed by atoms with Crippen LogP contribution < -0.4 is 11.2 Å². The van der Waals surface area contributed by atoms with E-state index in [2.05, 4.69) is 20.4 Å². The van der Waals surface area contributed by atoms with Crippen molar-refractivity contribution in [1.29, 1.82) is 0 Å². The molecular weight excluding hydrogens is 390 g/mol. The summed E-state index contributed by atoms with van der Waals surface area (Å²) in [5.74, 6) is 6.30. The molecule has 1 aromatic carbocycles. The number of benzene rings is 1. The van der Waals surface area contributed by atoms with Crippen molar-refractivity contribution in [3.05, 3.63) is 59.0 Å². The minimum Gasteiger partial charge on any atom is -0.384 e. The normalized spacial score (nSPS) is 15.0. The zero-order chi connectivity index (χ0) is 22.0. The number of para-hydroxylation sites is 1. The number of nitrogens with two attached hydrogens (primary N) is 1. The minimum absolute atomic E-state index is 0.332. The Hall–Kier alpha value is -3.39. The van der Waals surface area contributed by atoms with Crippen LogP contribution in [0.1, 0.15) is 49.3 Å². The second kappa shape index (κ2) is 8.39. The minimum atomic E-state index is -1.01. The van der Waals surface area contributed by atoms with Gasteiger partial charge in [0.15, 0.2) is 0 Å². The van der Waals surface area contributed by atoms with E-state index < -0.39 is 5.60 Å². The lowest BCUT2D eigenvalue weighted by Crippen LogP contribution is -2.18. The third-order valence-electron chi connectivity index (χ3n) is 5.12. The lowest BCUT2D eigenvalue weighted by Gasteiger charge is -2.16. The molecule has 1 aliphatic carbocycles. The van der Waals surface area contributed by atoms with Gasteiger partial charge in [-0.05, 0) is 51.3 Å². The summed E-state index contributed by atoms with van der Waals surface area (Å²) in [6.45, 7) is 5.76. The fourth-order valence-corrected chi connectivity index (χ4v) is 3.26. The van der Waals surface area contributed by atoms with Crippen LogP contribution in [0.25, 0.3) is 10.9 Å². The number of rotatable bonds is 7. The second-order valence-electron chi connectivity index (χ2n) is 8.34. The predicted octanol–water partition coefficient (Wildman–Crippen LogP) is 3.07. The molecule has 0 bridgehead atoms. The molecular formula is C23H27N7O. The highest BCUT2D eigenvalue weighted by Crippen LogP contribution is 2.26. The highest BCUT2D eigenvalue weighted by atomic mass is 16.3. The van der Waals surface area contributed by atoms with Crippen LogP contribution in [0.15, 0.2) is 46.5 Å². The first-order valence-electron chi connectivity index (χ1n) is 10.4. The molecule has 2 heterocycles. The molecule has 0 unspecified atom stereocenters. The van der Waals surface area contributed by atoms with Gasteiger partial charge < -0.3 is 16.3 Å². The molecule has 1 aliphatic rings. The maximum atomic E-state index is 10.2.